The molecule has 0 bridgehead atoms. The van der Waals surface area contributed by atoms with Crippen molar-refractivity contribution in [3.05, 3.63) is 83.6 Å². The second-order valence-electron chi connectivity index (χ2n) is 8.87. The fourth-order valence-electron chi connectivity index (χ4n) is 4.85. The molecule has 34 heavy (non-hydrogen) atoms. The van der Waals surface area contributed by atoms with Crippen LogP contribution in [0.25, 0.3) is 0 Å². The summed E-state index contributed by atoms with van der Waals surface area (Å²) in [5.41, 5.74) is 8.42. The van der Waals surface area contributed by atoms with Crippen molar-refractivity contribution in [2.45, 2.75) is 6.04 Å². The molecule has 2 aliphatic rings. The monoisotopic (exact) mass is 458 g/mol. The number of piperazine rings is 2. The third-order valence-electron chi connectivity index (χ3n) is 6.71. The highest BCUT2D eigenvalue weighted by Crippen LogP contribution is 2.29. The van der Waals surface area contributed by atoms with Gasteiger partial charge < -0.3 is 15.5 Å². The number of nitrogens with zero attached hydrogens (tertiary/aromatic N) is 5. The number of rotatable bonds is 7. The fourth-order valence-corrected chi connectivity index (χ4v) is 4.85. The first-order valence-corrected chi connectivity index (χ1v) is 12.1. The molecule has 7 nitrogen and oxygen atoms in total. The minimum absolute atomic E-state index is 0.163. The van der Waals surface area contributed by atoms with Crippen LogP contribution in [0.15, 0.2) is 72.4 Å². The molecule has 0 aromatic heterocycles. The second-order valence-corrected chi connectivity index (χ2v) is 8.87. The van der Waals surface area contributed by atoms with Crippen molar-refractivity contribution in [2.75, 3.05) is 65.4 Å². The molecule has 0 aliphatic carbocycles. The van der Waals surface area contributed by atoms with Crippen molar-refractivity contribution in [3.8, 4) is 6.07 Å². The number of benzene rings is 2. The minimum atomic E-state index is -0.163. The Morgan fingerprint density at radius 1 is 0.882 bits per heavy atom. The summed E-state index contributed by atoms with van der Waals surface area (Å²) in [5, 5.41) is 9.70. The zero-order valence-electron chi connectivity index (χ0n) is 19.7. The highest BCUT2D eigenvalue weighted by molar-refractivity contribution is 5.97. The van der Waals surface area contributed by atoms with E-state index in [1.165, 1.54) is 11.1 Å². The molecule has 2 fully saturated rings. The highest BCUT2D eigenvalue weighted by Gasteiger charge is 2.27. The smallest absolute Gasteiger partial charge is 0.266 e. The summed E-state index contributed by atoms with van der Waals surface area (Å²) < 4.78 is 0. The molecule has 2 aliphatic heterocycles. The first-order valence-electron chi connectivity index (χ1n) is 12.1. The molecule has 178 valence electrons. The molecule has 2 saturated heterocycles. The molecule has 1 amide bonds. The number of amides is 1. The van der Waals surface area contributed by atoms with Crippen molar-refractivity contribution in [1.82, 2.24) is 19.6 Å². The van der Waals surface area contributed by atoms with E-state index in [2.05, 4.69) is 69.3 Å². The van der Waals surface area contributed by atoms with Crippen LogP contribution in [0.2, 0.25) is 0 Å². The molecule has 0 spiro atoms. The molecule has 0 atom stereocenters. The van der Waals surface area contributed by atoms with E-state index in [-0.39, 0.29) is 17.5 Å². The topological polar surface area (TPSA) is 79.8 Å². The molecule has 0 radical (unpaired) electrons. The summed E-state index contributed by atoms with van der Waals surface area (Å²) in [5.74, 6) is -0.163. The van der Waals surface area contributed by atoms with E-state index in [1.54, 1.807) is 11.1 Å². The Bertz CT molecular complexity index is 947. The summed E-state index contributed by atoms with van der Waals surface area (Å²) in [7, 11) is 0. The molecule has 2 aromatic rings. The van der Waals surface area contributed by atoms with Crippen LogP contribution in [0.1, 0.15) is 17.2 Å². The Labute approximate surface area is 202 Å². The third-order valence-corrected chi connectivity index (χ3v) is 6.71. The third kappa shape index (κ3) is 5.84. The molecule has 2 aromatic carbocycles. The quantitative estimate of drug-likeness (QED) is 0.504. The van der Waals surface area contributed by atoms with Crippen LogP contribution < -0.4 is 5.73 Å². The van der Waals surface area contributed by atoms with Gasteiger partial charge in [-0.1, -0.05) is 60.7 Å². The second kappa shape index (κ2) is 11.8. The van der Waals surface area contributed by atoms with Crippen molar-refractivity contribution >= 4 is 5.91 Å². The van der Waals surface area contributed by atoms with Gasteiger partial charge in [-0.15, -0.1) is 0 Å². The van der Waals surface area contributed by atoms with E-state index in [4.69, 9.17) is 5.73 Å². The Hall–Kier alpha value is -3.18. The number of hydrogen-bond donors (Lipinski definition) is 1. The lowest BCUT2D eigenvalue weighted by atomic mass is 9.96. The van der Waals surface area contributed by atoms with Gasteiger partial charge in [-0.2, -0.15) is 5.26 Å². The number of nitrogens with two attached hydrogens (primary N) is 1. The average molecular weight is 459 g/mol. The van der Waals surface area contributed by atoms with Gasteiger partial charge in [-0.05, 0) is 11.1 Å². The lowest BCUT2D eigenvalue weighted by molar-refractivity contribution is -0.128. The van der Waals surface area contributed by atoms with E-state index in [0.29, 0.717) is 19.6 Å². The molecule has 4 rings (SSSR count). The Morgan fingerprint density at radius 3 is 1.94 bits per heavy atom. The van der Waals surface area contributed by atoms with Gasteiger partial charge in [-0.3, -0.25) is 14.6 Å². The van der Waals surface area contributed by atoms with E-state index in [0.717, 1.165) is 45.8 Å². The largest absolute Gasteiger partial charge is 0.374 e. The van der Waals surface area contributed by atoms with E-state index < -0.39 is 0 Å². The first kappa shape index (κ1) is 24.0. The first-order chi connectivity index (χ1) is 16.7. The van der Waals surface area contributed by atoms with Crippen LogP contribution in [0.4, 0.5) is 0 Å². The molecule has 2 heterocycles. The Kier molecular flexibility index (Phi) is 8.31. The van der Waals surface area contributed by atoms with Crippen LogP contribution in [-0.2, 0) is 4.79 Å². The van der Waals surface area contributed by atoms with Crippen LogP contribution in [-0.4, -0.2) is 91.0 Å². The van der Waals surface area contributed by atoms with Gasteiger partial charge >= 0.3 is 0 Å². The summed E-state index contributed by atoms with van der Waals surface area (Å²) in [6.45, 7) is 7.63. The number of nitriles is 1. The molecule has 2 N–H and O–H groups in total. The molecular formula is C27H34N6O. The van der Waals surface area contributed by atoms with Gasteiger partial charge in [0.2, 0.25) is 0 Å². The van der Waals surface area contributed by atoms with Gasteiger partial charge in [0.25, 0.3) is 5.91 Å². The van der Waals surface area contributed by atoms with E-state index in [1.807, 2.05) is 12.1 Å². The van der Waals surface area contributed by atoms with Gasteiger partial charge in [0, 0.05) is 71.6 Å². The van der Waals surface area contributed by atoms with Crippen LogP contribution in [0.5, 0.6) is 0 Å². The van der Waals surface area contributed by atoms with Crippen molar-refractivity contribution in [3.63, 3.8) is 0 Å². The maximum atomic E-state index is 13.0. The SMILES string of the molecule is N#C/C(=C/N1CCN(C(c2ccccc2)c2ccccc2)CC1)C(=O)N1CCN(CCN)CC1. The standard InChI is InChI=1S/C27H34N6O/c28-11-12-30-13-19-33(20-14-30)27(34)25(21-29)22-31-15-17-32(18-16-31)26(23-7-3-1-4-8-23)24-9-5-2-6-10-24/h1-10,22,26H,11-20,28H2/b25-22-. The Morgan fingerprint density at radius 2 is 1.44 bits per heavy atom. The van der Waals surface area contributed by atoms with Crippen LogP contribution in [0.3, 0.4) is 0 Å². The van der Waals surface area contributed by atoms with Crippen LogP contribution >= 0.6 is 0 Å². The highest BCUT2D eigenvalue weighted by atomic mass is 16.2. The number of hydrogen-bond acceptors (Lipinski definition) is 6. The van der Waals surface area contributed by atoms with Gasteiger partial charge in [0.15, 0.2) is 0 Å². The fraction of sp³-hybridized carbons (Fsp3) is 0.407. The molecule has 7 heteroatoms. The predicted octanol–water partition coefficient (Wildman–Crippen LogP) is 1.90. The number of carbonyl (C=O) groups excluding carboxylic acids is 1. The van der Waals surface area contributed by atoms with E-state index in [9.17, 15) is 10.1 Å². The molecule has 0 saturated carbocycles. The lowest BCUT2D eigenvalue weighted by Gasteiger charge is -2.39. The normalized spacial score (nSPS) is 18.2. The maximum Gasteiger partial charge on any atom is 0.266 e. The van der Waals surface area contributed by atoms with Crippen molar-refractivity contribution in [2.24, 2.45) is 5.73 Å². The minimum Gasteiger partial charge on any atom is -0.374 e. The Balaban J connectivity index is 1.40. The lowest BCUT2D eigenvalue weighted by Crippen LogP contribution is -2.50. The van der Waals surface area contributed by atoms with Gasteiger partial charge in [-0.25, -0.2) is 0 Å². The average Bonchev–Trinajstić information content (AvgIpc) is 2.90. The summed E-state index contributed by atoms with van der Waals surface area (Å²) in [6.07, 6.45) is 1.77. The zero-order valence-corrected chi connectivity index (χ0v) is 19.7. The predicted molar refractivity (Wildman–Crippen MR) is 134 cm³/mol. The van der Waals surface area contributed by atoms with Gasteiger partial charge in [0.05, 0.1) is 6.04 Å². The maximum absolute atomic E-state index is 13.0. The van der Waals surface area contributed by atoms with Crippen molar-refractivity contribution < 1.29 is 4.79 Å². The summed E-state index contributed by atoms with van der Waals surface area (Å²) in [4.78, 5) is 21.6. The zero-order chi connectivity index (χ0) is 23.8. The van der Waals surface area contributed by atoms with Crippen molar-refractivity contribution in [1.29, 1.82) is 5.26 Å². The van der Waals surface area contributed by atoms with Crippen LogP contribution in [0, 0.1) is 11.3 Å². The summed E-state index contributed by atoms with van der Waals surface area (Å²) in [6, 6.07) is 23.5. The molecule has 0 unspecified atom stereocenters. The summed E-state index contributed by atoms with van der Waals surface area (Å²) >= 11 is 0. The van der Waals surface area contributed by atoms with E-state index >= 15 is 0 Å². The number of carbonyl (C=O) groups is 1. The van der Waals surface area contributed by atoms with Gasteiger partial charge in [0.1, 0.15) is 11.6 Å². The molecular weight excluding hydrogens is 424 g/mol.